The normalized spacial score (nSPS) is 9.93. The Morgan fingerprint density at radius 3 is 2.20 bits per heavy atom. The summed E-state index contributed by atoms with van der Waals surface area (Å²) in [6.07, 6.45) is 0. The van der Waals surface area contributed by atoms with E-state index in [-0.39, 0.29) is 0 Å². The van der Waals surface area contributed by atoms with Crippen molar-refractivity contribution in [3.8, 4) is 0 Å². The molecule has 1 nitrogen and oxygen atoms in total. The number of hydrogen-bond donors (Lipinski definition) is 1. The highest BCUT2D eigenvalue weighted by Gasteiger charge is 1.93. The van der Waals surface area contributed by atoms with Gasteiger partial charge < -0.3 is 4.72 Å². The van der Waals surface area contributed by atoms with Crippen molar-refractivity contribution in [3.05, 3.63) is 60.2 Å². The second kappa shape index (κ2) is 4.89. The van der Waals surface area contributed by atoms with Gasteiger partial charge in [-0.25, -0.2) is 0 Å². The van der Waals surface area contributed by atoms with E-state index in [4.69, 9.17) is 0 Å². The standard InChI is InChI=1S/C13H13NS/c1-11-7-9-12(10-8-11)14-15-13-5-3-2-4-6-13/h2-10,14H,1H3. The van der Waals surface area contributed by atoms with Crippen molar-refractivity contribution in [1.82, 2.24) is 0 Å². The summed E-state index contributed by atoms with van der Waals surface area (Å²) in [5, 5.41) is 0. The fraction of sp³-hybridized carbons (Fsp3) is 0.0769. The summed E-state index contributed by atoms with van der Waals surface area (Å²) in [6, 6.07) is 18.7. The lowest BCUT2D eigenvalue weighted by Gasteiger charge is -2.05. The zero-order chi connectivity index (χ0) is 10.5. The molecule has 0 aliphatic carbocycles. The van der Waals surface area contributed by atoms with Gasteiger partial charge in [0, 0.05) is 10.6 Å². The summed E-state index contributed by atoms with van der Waals surface area (Å²) in [4.78, 5) is 1.22. The molecule has 76 valence electrons. The van der Waals surface area contributed by atoms with Crippen molar-refractivity contribution in [2.75, 3.05) is 4.72 Å². The minimum Gasteiger partial charge on any atom is -0.326 e. The summed E-state index contributed by atoms with van der Waals surface area (Å²) < 4.78 is 3.30. The molecule has 2 aromatic carbocycles. The Morgan fingerprint density at radius 2 is 1.53 bits per heavy atom. The molecule has 0 bridgehead atoms. The highest BCUT2D eigenvalue weighted by Crippen LogP contribution is 2.20. The van der Waals surface area contributed by atoms with E-state index in [1.165, 1.54) is 10.5 Å². The molecule has 0 atom stereocenters. The molecular formula is C13H13NS. The predicted molar refractivity (Wildman–Crippen MR) is 67.1 cm³/mol. The maximum absolute atomic E-state index is 3.30. The number of hydrogen-bond acceptors (Lipinski definition) is 2. The van der Waals surface area contributed by atoms with Crippen LogP contribution in [0.25, 0.3) is 0 Å². The molecule has 15 heavy (non-hydrogen) atoms. The summed E-state index contributed by atoms with van der Waals surface area (Å²) in [6.45, 7) is 2.09. The van der Waals surface area contributed by atoms with Crippen LogP contribution in [0.3, 0.4) is 0 Å². The SMILES string of the molecule is Cc1ccc(NSc2ccccc2)cc1. The Kier molecular flexibility index (Phi) is 3.30. The molecule has 2 heteroatoms. The first-order valence-electron chi connectivity index (χ1n) is 4.89. The van der Waals surface area contributed by atoms with Crippen LogP contribution in [0.1, 0.15) is 5.56 Å². The van der Waals surface area contributed by atoms with Crippen molar-refractivity contribution in [1.29, 1.82) is 0 Å². The van der Waals surface area contributed by atoms with Gasteiger partial charge in [-0.1, -0.05) is 35.9 Å². The molecule has 0 amide bonds. The van der Waals surface area contributed by atoms with Crippen molar-refractivity contribution in [2.24, 2.45) is 0 Å². The molecule has 1 N–H and O–H groups in total. The van der Waals surface area contributed by atoms with E-state index in [1.54, 1.807) is 11.9 Å². The quantitative estimate of drug-likeness (QED) is 0.773. The molecule has 0 radical (unpaired) electrons. The fourth-order valence-electron chi connectivity index (χ4n) is 1.23. The highest BCUT2D eigenvalue weighted by atomic mass is 32.2. The van der Waals surface area contributed by atoms with Crippen LogP contribution < -0.4 is 4.72 Å². The van der Waals surface area contributed by atoms with Gasteiger partial charge in [0.05, 0.1) is 0 Å². The lowest BCUT2D eigenvalue weighted by Crippen LogP contribution is -1.85. The average molecular weight is 215 g/mol. The molecule has 0 fully saturated rings. The van der Waals surface area contributed by atoms with Gasteiger partial charge in [0.1, 0.15) is 0 Å². The van der Waals surface area contributed by atoms with Crippen LogP contribution in [0.15, 0.2) is 59.5 Å². The third-order valence-corrected chi connectivity index (χ3v) is 2.93. The average Bonchev–Trinajstić information content (AvgIpc) is 2.30. The molecule has 0 heterocycles. The molecule has 2 aromatic rings. The number of benzene rings is 2. The minimum absolute atomic E-state index is 1.13. The van der Waals surface area contributed by atoms with E-state index in [9.17, 15) is 0 Å². The smallest absolute Gasteiger partial charge is 0.0443 e. The van der Waals surface area contributed by atoms with Gasteiger partial charge in [-0.2, -0.15) is 0 Å². The molecule has 0 aliphatic rings. The molecule has 0 unspecified atom stereocenters. The molecule has 0 aliphatic heterocycles. The van der Waals surface area contributed by atoms with Crippen LogP contribution in [0, 0.1) is 6.92 Å². The third-order valence-electron chi connectivity index (χ3n) is 2.08. The van der Waals surface area contributed by atoms with E-state index < -0.39 is 0 Å². The first-order chi connectivity index (χ1) is 7.34. The Hall–Kier alpha value is -1.41. The Morgan fingerprint density at radius 1 is 0.867 bits per heavy atom. The van der Waals surface area contributed by atoms with E-state index in [0.717, 1.165) is 5.69 Å². The number of anilines is 1. The van der Waals surface area contributed by atoms with E-state index >= 15 is 0 Å². The van der Waals surface area contributed by atoms with Crippen LogP contribution in [-0.4, -0.2) is 0 Å². The maximum Gasteiger partial charge on any atom is 0.0443 e. The van der Waals surface area contributed by atoms with Crippen molar-refractivity contribution in [2.45, 2.75) is 11.8 Å². The lowest BCUT2D eigenvalue weighted by molar-refractivity contribution is 1.45. The predicted octanol–water partition coefficient (Wildman–Crippen LogP) is 4.11. The molecule has 0 spiro atoms. The van der Waals surface area contributed by atoms with E-state index in [2.05, 4.69) is 48.0 Å². The Balaban J connectivity index is 1.96. The number of nitrogens with one attached hydrogen (secondary N) is 1. The monoisotopic (exact) mass is 215 g/mol. The van der Waals surface area contributed by atoms with Crippen LogP contribution in [-0.2, 0) is 0 Å². The molecular weight excluding hydrogens is 202 g/mol. The topological polar surface area (TPSA) is 12.0 Å². The first-order valence-corrected chi connectivity index (χ1v) is 5.71. The second-order valence-corrected chi connectivity index (χ2v) is 4.26. The number of aryl methyl sites for hydroxylation is 1. The van der Waals surface area contributed by atoms with Gasteiger partial charge in [-0.15, -0.1) is 0 Å². The van der Waals surface area contributed by atoms with Crippen LogP contribution >= 0.6 is 11.9 Å². The largest absolute Gasteiger partial charge is 0.326 e. The fourth-order valence-corrected chi connectivity index (χ4v) is 1.89. The van der Waals surface area contributed by atoms with Crippen LogP contribution in [0.4, 0.5) is 5.69 Å². The molecule has 0 aromatic heterocycles. The zero-order valence-electron chi connectivity index (χ0n) is 8.60. The van der Waals surface area contributed by atoms with Crippen LogP contribution in [0.5, 0.6) is 0 Å². The second-order valence-electron chi connectivity index (χ2n) is 3.38. The Labute approximate surface area is 94.7 Å². The van der Waals surface area contributed by atoms with Crippen LogP contribution in [0.2, 0.25) is 0 Å². The van der Waals surface area contributed by atoms with Gasteiger partial charge in [0.15, 0.2) is 0 Å². The van der Waals surface area contributed by atoms with Gasteiger partial charge in [0.25, 0.3) is 0 Å². The summed E-state index contributed by atoms with van der Waals surface area (Å²) in [5.41, 5.74) is 2.42. The summed E-state index contributed by atoms with van der Waals surface area (Å²) in [5.74, 6) is 0. The van der Waals surface area contributed by atoms with E-state index in [1.807, 2.05) is 18.2 Å². The molecule has 0 saturated heterocycles. The van der Waals surface area contributed by atoms with E-state index in [0.29, 0.717) is 0 Å². The van der Waals surface area contributed by atoms with Crippen molar-refractivity contribution >= 4 is 17.6 Å². The van der Waals surface area contributed by atoms with Gasteiger partial charge in [-0.05, 0) is 43.1 Å². The summed E-state index contributed by atoms with van der Waals surface area (Å²) >= 11 is 1.63. The summed E-state index contributed by atoms with van der Waals surface area (Å²) in [7, 11) is 0. The Bertz CT molecular complexity index is 408. The zero-order valence-corrected chi connectivity index (χ0v) is 9.42. The van der Waals surface area contributed by atoms with Crippen molar-refractivity contribution < 1.29 is 0 Å². The van der Waals surface area contributed by atoms with Crippen molar-refractivity contribution in [3.63, 3.8) is 0 Å². The highest BCUT2D eigenvalue weighted by molar-refractivity contribution is 8.00. The van der Waals surface area contributed by atoms with Gasteiger partial charge >= 0.3 is 0 Å². The first kappa shape index (κ1) is 10.1. The minimum atomic E-state index is 1.13. The maximum atomic E-state index is 3.30. The number of rotatable bonds is 3. The van der Waals surface area contributed by atoms with Gasteiger partial charge in [-0.3, -0.25) is 0 Å². The molecule has 2 rings (SSSR count). The molecule has 0 saturated carbocycles. The van der Waals surface area contributed by atoms with Gasteiger partial charge in [0.2, 0.25) is 0 Å². The third kappa shape index (κ3) is 3.03. The lowest BCUT2D eigenvalue weighted by atomic mass is 10.2.